The van der Waals surface area contributed by atoms with Crippen LogP contribution in [0.25, 0.3) is 10.6 Å². The van der Waals surface area contributed by atoms with E-state index in [0.717, 1.165) is 15.5 Å². The fourth-order valence-electron chi connectivity index (χ4n) is 2.73. The van der Waals surface area contributed by atoms with Gasteiger partial charge in [-0.1, -0.05) is 23.7 Å². The van der Waals surface area contributed by atoms with E-state index in [4.69, 9.17) is 11.6 Å². The number of fused-ring (bicyclic) bond motifs is 1. The summed E-state index contributed by atoms with van der Waals surface area (Å²) in [6, 6.07) is 10.3. The molecular formula is C18H12ClN3O3S2. The molecule has 0 spiro atoms. The molecular weight excluding hydrogens is 406 g/mol. The van der Waals surface area contributed by atoms with Gasteiger partial charge in [-0.25, -0.2) is 4.98 Å². The Hall–Kier alpha value is -2.55. The molecule has 27 heavy (non-hydrogen) atoms. The molecule has 0 aliphatic carbocycles. The van der Waals surface area contributed by atoms with Crippen molar-refractivity contribution < 1.29 is 14.4 Å². The van der Waals surface area contributed by atoms with Gasteiger partial charge in [-0.05, 0) is 24.3 Å². The molecule has 4 rings (SSSR count). The predicted octanol–water partition coefficient (Wildman–Crippen LogP) is 4.15. The lowest BCUT2D eigenvalue weighted by molar-refractivity contribution is -0.116. The van der Waals surface area contributed by atoms with Crippen molar-refractivity contribution in [3.8, 4) is 10.6 Å². The number of nitrogens with one attached hydrogen (secondary N) is 1. The maximum atomic E-state index is 12.3. The van der Waals surface area contributed by atoms with Crippen LogP contribution in [0.1, 0.15) is 27.1 Å². The summed E-state index contributed by atoms with van der Waals surface area (Å²) in [5.74, 6) is -1.04. The van der Waals surface area contributed by atoms with Crippen molar-refractivity contribution in [1.82, 2.24) is 9.88 Å². The van der Waals surface area contributed by atoms with Crippen molar-refractivity contribution in [2.24, 2.45) is 0 Å². The highest BCUT2D eigenvalue weighted by Gasteiger charge is 2.34. The molecule has 0 radical (unpaired) electrons. The van der Waals surface area contributed by atoms with Crippen LogP contribution >= 0.6 is 34.3 Å². The summed E-state index contributed by atoms with van der Waals surface area (Å²) in [5, 5.41) is 5.00. The number of hydrogen-bond donors (Lipinski definition) is 1. The lowest BCUT2D eigenvalue weighted by Crippen LogP contribution is -2.32. The summed E-state index contributed by atoms with van der Waals surface area (Å²) < 4.78 is 0.671. The summed E-state index contributed by atoms with van der Waals surface area (Å²) in [6.45, 7) is 0.0247. The number of imide groups is 1. The number of amides is 3. The fraction of sp³-hybridized carbons (Fsp3) is 0.111. The molecule has 1 aliphatic rings. The molecule has 0 saturated carbocycles. The van der Waals surface area contributed by atoms with Gasteiger partial charge in [-0.2, -0.15) is 0 Å². The molecule has 3 amide bonds. The van der Waals surface area contributed by atoms with Crippen molar-refractivity contribution in [3.05, 3.63) is 57.2 Å². The van der Waals surface area contributed by atoms with E-state index in [2.05, 4.69) is 10.3 Å². The van der Waals surface area contributed by atoms with E-state index >= 15 is 0 Å². The summed E-state index contributed by atoms with van der Waals surface area (Å²) in [6.07, 6.45) is 0.00517. The minimum absolute atomic E-state index is 0.00517. The monoisotopic (exact) mass is 417 g/mol. The van der Waals surface area contributed by atoms with E-state index in [1.807, 2.05) is 11.4 Å². The molecule has 9 heteroatoms. The largest absolute Gasteiger partial charge is 0.302 e. The molecule has 1 N–H and O–H groups in total. The maximum Gasteiger partial charge on any atom is 0.261 e. The molecule has 6 nitrogen and oxygen atoms in total. The molecule has 0 fully saturated rings. The molecule has 0 atom stereocenters. The maximum absolute atomic E-state index is 12.3. The van der Waals surface area contributed by atoms with E-state index in [-0.39, 0.29) is 30.7 Å². The first-order valence-corrected chi connectivity index (χ1v) is 10.1. The van der Waals surface area contributed by atoms with Crippen LogP contribution in [-0.4, -0.2) is 34.2 Å². The number of carbonyl (C=O) groups excluding carboxylic acids is 3. The van der Waals surface area contributed by atoms with Crippen molar-refractivity contribution in [1.29, 1.82) is 0 Å². The second-order valence-electron chi connectivity index (χ2n) is 5.75. The Bertz CT molecular complexity index is 1020. The Balaban J connectivity index is 1.36. The minimum atomic E-state index is -0.366. The first kappa shape index (κ1) is 17.8. The number of halogens is 1. The Morgan fingerprint density at radius 1 is 1.11 bits per heavy atom. The average Bonchev–Trinajstić information content (AvgIpc) is 3.35. The Kier molecular flexibility index (Phi) is 4.77. The molecule has 136 valence electrons. The van der Waals surface area contributed by atoms with Gasteiger partial charge in [0.05, 0.1) is 26.0 Å². The van der Waals surface area contributed by atoms with Crippen LogP contribution in [0.2, 0.25) is 4.34 Å². The normalized spacial score (nSPS) is 13.1. The fourth-order valence-corrected chi connectivity index (χ4v) is 4.54. The number of carbonyl (C=O) groups is 3. The van der Waals surface area contributed by atoms with Gasteiger partial charge in [-0.15, -0.1) is 22.7 Å². The van der Waals surface area contributed by atoms with Gasteiger partial charge in [0.1, 0.15) is 0 Å². The molecule has 2 aromatic heterocycles. The highest BCUT2D eigenvalue weighted by molar-refractivity contribution is 7.20. The van der Waals surface area contributed by atoms with E-state index in [0.29, 0.717) is 20.6 Å². The Morgan fingerprint density at radius 3 is 2.44 bits per heavy atom. The molecule has 1 aliphatic heterocycles. The molecule has 3 aromatic rings. The summed E-state index contributed by atoms with van der Waals surface area (Å²) in [5.41, 5.74) is 1.50. The van der Waals surface area contributed by atoms with Crippen LogP contribution in [0, 0.1) is 0 Å². The van der Waals surface area contributed by atoms with E-state index in [1.165, 1.54) is 22.7 Å². The topological polar surface area (TPSA) is 79.4 Å². The second kappa shape index (κ2) is 7.22. The number of thiazole rings is 1. The molecule has 3 heterocycles. The minimum Gasteiger partial charge on any atom is -0.302 e. The zero-order valence-electron chi connectivity index (χ0n) is 13.8. The van der Waals surface area contributed by atoms with Gasteiger partial charge in [-0.3, -0.25) is 19.3 Å². The third kappa shape index (κ3) is 3.51. The second-order valence-corrected chi connectivity index (χ2v) is 8.32. The van der Waals surface area contributed by atoms with Gasteiger partial charge < -0.3 is 5.32 Å². The third-order valence-electron chi connectivity index (χ3n) is 4.02. The van der Waals surface area contributed by atoms with Crippen molar-refractivity contribution in [3.63, 3.8) is 0 Å². The smallest absolute Gasteiger partial charge is 0.261 e. The highest BCUT2D eigenvalue weighted by atomic mass is 35.5. The number of thiophene rings is 1. The first-order chi connectivity index (χ1) is 13.0. The van der Waals surface area contributed by atoms with Gasteiger partial charge in [0.2, 0.25) is 5.91 Å². The number of aromatic nitrogens is 1. The summed E-state index contributed by atoms with van der Waals surface area (Å²) in [4.78, 5) is 43.2. The van der Waals surface area contributed by atoms with Crippen molar-refractivity contribution in [2.45, 2.75) is 6.42 Å². The van der Waals surface area contributed by atoms with Gasteiger partial charge in [0.25, 0.3) is 11.8 Å². The lowest BCUT2D eigenvalue weighted by atomic mass is 10.1. The Labute approximate surface area is 167 Å². The third-order valence-corrected chi connectivity index (χ3v) is 6.03. The predicted molar refractivity (Wildman–Crippen MR) is 105 cm³/mol. The molecule has 0 bridgehead atoms. The molecule has 0 unspecified atom stereocenters. The number of nitrogens with zero attached hydrogens (tertiary/aromatic N) is 2. The zero-order valence-corrected chi connectivity index (χ0v) is 16.2. The Morgan fingerprint density at radius 2 is 1.81 bits per heavy atom. The quantitative estimate of drug-likeness (QED) is 0.632. The van der Waals surface area contributed by atoms with Gasteiger partial charge in [0.15, 0.2) is 5.13 Å². The summed E-state index contributed by atoms with van der Waals surface area (Å²) in [7, 11) is 0. The standard InChI is InChI=1S/C18H12ClN3O3S2/c19-14-6-5-13(27-14)12-9-26-18(20-12)21-15(23)7-8-22-16(24)10-3-1-2-4-11(10)17(22)25/h1-6,9H,7-8H2,(H,20,21,23). The van der Waals surface area contributed by atoms with E-state index in [9.17, 15) is 14.4 Å². The van der Waals surface area contributed by atoms with E-state index < -0.39 is 0 Å². The van der Waals surface area contributed by atoms with Crippen LogP contribution in [0.15, 0.2) is 41.8 Å². The first-order valence-electron chi connectivity index (χ1n) is 7.99. The molecule has 1 aromatic carbocycles. The lowest BCUT2D eigenvalue weighted by Gasteiger charge is -2.12. The number of anilines is 1. The van der Waals surface area contributed by atoms with Gasteiger partial charge >= 0.3 is 0 Å². The van der Waals surface area contributed by atoms with Crippen LogP contribution < -0.4 is 5.32 Å². The van der Waals surface area contributed by atoms with Gasteiger partial charge in [0, 0.05) is 18.3 Å². The van der Waals surface area contributed by atoms with Crippen LogP contribution in [0.4, 0.5) is 5.13 Å². The highest BCUT2D eigenvalue weighted by Crippen LogP contribution is 2.32. The summed E-state index contributed by atoms with van der Waals surface area (Å²) >= 11 is 8.64. The van der Waals surface area contributed by atoms with E-state index in [1.54, 1.807) is 30.3 Å². The zero-order chi connectivity index (χ0) is 19.0. The van der Waals surface area contributed by atoms with Crippen molar-refractivity contribution in [2.75, 3.05) is 11.9 Å². The van der Waals surface area contributed by atoms with Crippen LogP contribution in [0.5, 0.6) is 0 Å². The average molecular weight is 418 g/mol. The SMILES string of the molecule is O=C(CCN1C(=O)c2ccccc2C1=O)Nc1nc(-c2ccc(Cl)s2)cs1. The van der Waals surface area contributed by atoms with Crippen LogP contribution in [-0.2, 0) is 4.79 Å². The number of hydrogen-bond acceptors (Lipinski definition) is 6. The van der Waals surface area contributed by atoms with Crippen LogP contribution in [0.3, 0.4) is 0 Å². The number of benzene rings is 1. The van der Waals surface area contributed by atoms with Crippen molar-refractivity contribution >= 4 is 57.1 Å². The molecule has 0 saturated heterocycles. The number of rotatable bonds is 5.